The van der Waals surface area contributed by atoms with Crippen LogP contribution in [0.5, 0.6) is 0 Å². The maximum Gasteiger partial charge on any atom is 0.417 e. The maximum atomic E-state index is 13.5. The van der Waals surface area contributed by atoms with E-state index in [2.05, 4.69) is 5.16 Å². The van der Waals surface area contributed by atoms with Crippen molar-refractivity contribution in [1.29, 1.82) is 0 Å². The van der Waals surface area contributed by atoms with Crippen LogP contribution in [0.15, 0.2) is 65.8 Å². The van der Waals surface area contributed by atoms with E-state index in [0.29, 0.717) is 31.0 Å². The molecule has 0 unspecified atom stereocenters. The van der Waals surface area contributed by atoms with Crippen molar-refractivity contribution < 1.29 is 27.9 Å². The van der Waals surface area contributed by atoms with Gasteiger partial charge in [-0.25, -0.2) is 0 Å². The fraction of sp³-hybridized carbons (Fsp3) is 0.231. The number of carbonyl (C=O) groups excluding carboxylic acids is 1. The number of oxime groups is 1. The number of ketones is 1. The Balaban J connectivity index is 1.90. The van der Waals surface area contributed by atoms with E-state index in [0.717, 1.165) is 27.9 Å². The second-order valence-corrected chi connectivity index (χ2v) is 7.87. The van der Waals surface area contributed by atoms with E-state index in [1.54, 1.807) is 25.1 Å². The molecule has 0 aliphatic rings. The number of hydrogen-bond acceptors (Lipinski definition) is 4. The predicted octanol–water partition coefficient (Wildman–Crippen LogP) is 6.28. The highest BCUT2D eigenvalue weighted by Crippen LogP contribution is 2.35. The van der Waals surface area contributed by atoms with Gasteiger partial charge in [-0.1, -0.05) is 29.4 Å². The predicted molar refractivity (Wildman–Crippen MR) is 125 cm³/mol. The molecule has 8 heteroatoms. The molecule has 176 valence electrons. The largest absolute Gasteiger partial charge is 0.417 e. The van der Waals surface area contributed by atoms with Crippen LogP contribution in [-0.2, 0) is 17.5 Å². The molecule has 0 amide bonds. The lowest BCUT2D eigenvalue weighted by molar-refractivity contribution is -0.137. The molecule has 0 fully saturated rings. The van der Waals surface area contributed by atoms with Crippen molar-refractivity contribution in [3.05, 3.63) is 82.9 Å². The third kappa shape index (κ3) is 4.28. The Kier molecular flexibility index (Phi) is 6.43. The number of hydrogen-bond donors (Lipinski definition) is 1. The van der Waals surface area contributed by atoms with Crippen molar-refractivity contribution >= 4 is 33.3 Å². The molecule has 5 nitrogen and oxygen atoms in total. The highest BCUT2D eigenvalue weighted by atomic mass is 19.4. The van der Waals surface area contributed by atoms with Crippen molar-refractivity contribution in [1.82, 2.24) is 4.57 Å². The van der Waals surface area contributed by atoms with Crippen LogP contribution in [0.1, 0.15) is 40.9 Å². The van der Waals surface area contributed by atoms with Gasteiger partial charge in [0.15, 0.2) is 5.78 Å². The smallest absolute Gasteiger partial charge is 0.411 e. The first-order valence-electron chi connectivity index (χ1n) is 10.8. The minimum atomic E-state index is -4.64. The Bertz CT molecular complexity index is 1400. The summed E-state index contributed by atoms with van der Waals surface area (Å²) in [7, 11) is 0. The molecule has 0 aliphatic heterocycles. The quantitative estimate of drug-likeness (QED) is 0.114. The van der Waals surface area contributed by atoms with Crippen molar-refractivity contribution in [2.24, 2.45) is 5.16 Å². The fourth-order valence-corrected chi connectivity index (χ4v) is 4.15. The average Bonchev–Trinajstić information content (AvgIpc) is 3.15. The van der Waals surface area contributed by atoms with Gasteiger partial charge in [-0.2, -0.15) is 13.2 Å². The molecule has 0 bridgehead atoms. The minimum absolute atomic E-state index is 0.158. The normalized spacial score (nSPS) is 12.6. The van der Waals surface area contributed by atoms with E-state index >= 15 is 0 Å². The van der Waals surface area contributed by atoms with Gasteiger partial charge in [0.1, 0.15) is 0 Å². The fourth-order valence-electron chi connectivity index (χ4n) is 4.15. The van der Waals surface area contributed by atoms with Gasteiger partial charge in [0.2, 0.25) is 0 Å². The van der Waals surface area contributed by atoms with Crippen molar-refractivity contribution in [2.45, 2.75) is 26.6 Å². The standard InChI is InChI=1S/C26H23F3N2O3/c1-3-34-13-12-31-23-10-8-17(16(2)30-33)14-20(23)21-15-18(9-11-24(21)31)25(32)19-6-4-5-7-22(19)26(27,28)29/h4-11,14-15,33H,3,12-13H2,1-2H3/b30-16+. The number of halogens is 3. The van der Waals surface area contributed by atoms with Crippen LogP contribution < -0.4 is 0 Å². The summed E-state index contributed by atoms with van der Waals surface area (Å²) in [6.45, 7) is 5.19. The molecule has 34 heavy (non-hydrogen) atoms. The summed E-state index contributed by atoms with van der Waals surface area (Å²) in [5, 5.41) is 14.0. The summed E-state index contributed by atoms with van der Waals surface area (Å²) in [5.41, 5.74) is 1.62. The van der Waals surface area contributed by atoms with Gasteiger partial charge in [-0.3, -0.25) is 4.79 Å². The molecular formula is C26H23F3N2O3. The molecule has 1 N–H and O–H groups in total. The lowest BCUT2D eigenvalue weighted by Crippen LogP contribution is -2.13. The van der Waals surface area contributed by atoms with Crippen LogP contribution in [0.25, 0.3) is 21.8 Å². The Hall–Kier alpha value is -3.65. The maximum absolute atomic E-state index is 13.5. The third-order valence-electron chi connectivity index (χ3n) is 5.84. The molecule has 0 spiro atoms. The number of fused-ring (bicyclic) bond motifs is 3. The third-order valence-corrected chi connectivity index (χ3v) is 5.84. The number of aromatic nitrogens is 1. The van der Waals surface area contributed by atoms with E-state index in [-0.39, 0.29) is 5.56 Å². The highest BCUT2D eigenvalue weighted by Gasteiger charge is 2.35. The summed E-state index contributed by atoms with van der Waals surface area (Å²) in [6.07, 6.45) is -4.64. The molecular weight excluding hydrogens is 445 g/mol. The van der Waals surface area contributed by atoms with Gasteiger partial charge < -0.3 is 14.5 Å². The molecule has 0 radical (unpaired) electrons. The molecule has 0 saturated heterocycles. The second-order valence-electron chi connectivity index (χ2n) is 7.87. The summed E-state index contributed by atoms with van der Waals surface area (Å²) in [6, 6.07) is 15.3. The summed E-state index contributed by atoms with van der Waals surface area (Å²) >= 11 is 0. The van der Waals surface area contributed by atoms with Crippen LogP contribution >= 0.6 is 0 Å². The highest BCUT2D eigenvalue weighted by molar-refractivity contribution is 6.16. The molecule has 4 aromatic rings. The second kappa shape index (κ2) is 9.30. The van der Waals surface area contributed by atoms with E-state index in [4.69, 9.17) is 4.74 Å². The van der Waals surface area contributed by atoms with Crippen LogP contribution in [0.4, 0.5) is 13.2 Å². The van der Waals surface area contributed by atoms with Gasteiger partial charge in [0, 0.05) is 46.1 Å². The van der Waals surface area contributed by atoms with E-state index in [9.17, 15) is 23.2 Å². The monoisotopic (exact) mass is 468 g/mol. The number of rotatable bonds is 7. The first-order chi connectivity index (χ1) is 16.3. The first kappa shape index (κ1) is 23.5. The van der Waals surface area contributed by atoms with E-state index in [1.165, 1.54) is 18.2 Å². The zero-order chi connectivity index (χ0) is 24.5. The minimum Gasteiger partial charge on any atom is -0.411 e. The van der Waals surface area contributed by atoms with Crippen LogP contribution in [0.2, 0.25) is 0 Å². The lowest BCUT2D eigenvalue weighted by atomic mass is 9.96. The number of carbonyl (C=O) groups is 1. The van der Waals surface area contributed by atoms with Crippen LogP contribution in [-0.4, -0.2) is 34.5 Å². The number of alkyl halides is 3. The molecule has 1 heterocycles. The van der Waals surface area contributed by atoms with Gasteiger partial charge >= 0.3 is 6.18 Å². The Labute approximate surface area is 194 Å². The van der Waals surface area contributed by atoms with E-state index in [1.807, 2.05) is 29.7 Å². The van der Waals surface area contributed by atoms with Crippen molar-refractivity contribution in [3.8, 4) is 0 Å². The van der Waals surface area contributed by atoms with Crippen LogP contribution in [0, 0.1) is 0 Å². The van der Waals surface area contributed by atoms with Gasteiger partial charge in [0.05, 0.1) is 17.9 Å². The van der Waals surface area contributed by atoms with Gasteiger partial charge in [-0.15, -0.1) is 0 Å². The average molecular weight is 468 g/mol. The molecule has 0 saturated carbocycles. The molecule has 0 aliphatic carbocycles. The Morgan fingerprint density at radius 3 is 2.24 bits per heavy atom. The molecule has 0 atom stereocenters. The van der Waals surface area contributed by atoms with Gasteiger partial charge in [0.25, 0.3) is 0 Å². The number of ether oxygens (including phenoxy) is 1. The van der Waals surface area contributed by atoms with Crippen molar-refractivity contribution in [3.63, 3.8) is 0 Å². The SMILES string of the molecule is CCOCCn1c2ccc(C(=O)c3ccccc3C(F)(F)F)cc2c2cc(/C(C)=N/O)ccc21. The summed E-state index contributed by atoms with van der Waals surface area (Å²) in [4.78, 5) is 13.2. The zero-order valence-corrected chi connectivity index (χ0v) is 18.7. The Morgan fingerprint density at radius 2 is 1.62 bits per heavy atom. The Morgan fingerprint density at radius 1 is 1.00 bits per heavy atom. The zero-order valence-electron chi connectivity index (χ0n) is 18.7. The topological polar surface area (TPSA) is 63.8 Å². The summed E-state index contributed by atoms with van der Waals surface area (Å²) < 4.78 is 48.0. The molecule has 3 aromatic carbocycles. The van der Waals surface area contributed by atoms with Crippen LogP contribution in [0.3, 0.4) is 0 Å². The number of benzene rings is 3. The summed E-state index contributed by atoms with van der Waals surface area (Å²) in [5.74, 6) is -0.700. The van der Waals surface area contributed by atoms with Gasteiger partial charge in [-0.05, 0) is 55.8 Å². The molecule has 4 rings (SSSR count). The molecule has 1 aromatic heterocycles. The first-order valence-corrected chi connectivity index (χ1v) is 10.8. The van der Waals surface area contributed by atoms with E-state index < -0.39 is 23.1 Å². The van der Waals surface area contributed by atoms with Crippen molar-refractivity contribution in [2.75, 3.05) is 13.2 Å². The lowest BCUT2D eigenvalue weighted by Gasteiger charge is -2.12. The number of nitrogens with zero attached hydrogens (tertiary/aromatic N) is 2.